The topological polar surface area (TPSA) is 112 Å². The number of carbonyl (C=O) groups excluding carboxylic acids is 3. The maximum atomic E-state index is 14.9. The predicted molar refractivity (Wildman–Crippen MR) is 302 cm³/mol. The van der Waals surface area contributed by atoms with Gasteiger partial charge >= 0.3 is 0 Å². The Morgan fingerprint density at radius 3 is 1.14 bits per heavy atom. The SMILES string of the molecule is CCCCCCCC/C=C\CCCCCCCC(=O)C(O)(C(=O)CCCCCCCCC)C(O)(C(=O)CCCCCCC/C=C\CCCCCCCC)C(O)c1ccc2ccc3cccc4ccc1c2c34. The number of carbonyl (C=O) groups is 3. The third-order valence-corrected chi connectivity index (χ3v) is 15.4. The van der Waals surface area contributed by atoms with E-state index in [4.69, 9.17) is 0 Å². The number of unbranched alkanes of at least 4 members (excludes halogenated alkanes) is 28. The van der Waals surface area contributed by atoms with Gasteiger partial charge in [-0.2, -0.15) is 0 Å². The third kappa shape index (κ3) is 18.6. The number of hydrogen-bond donors (Lipinski definition) is 3. The molecule has 394 valence electrons. The molecule has 0 aliphatic carbocycles. The maximum Gasteiger partial charge on any atom is 0.220 e. The fourth-order valence-corrected chi connectivity index (χ4v) is 10.9. The summed E-state index contributed by atoms with van der Waals surface area (Å²) in [6, 6.07) is 17.5. The highest BCUT2D eigenvalue weighted by Gasteiger charge is 2.66. The Hall–Kier alpha value is -3.71. The third-order valence-electron chi connectivity index (χ3n) is 15.4. The van der Waals surface area contributed by atoms with Gasteiger partial charge in [-0.3, -0.25) is 14.4 Å². The molecule has 0 spiro atoms. The lowest BCUT2D eigenvalue weighted by Crippen LogP contribution is -2.70. The van der Waals surface area contributed by atoms with Crippen molar-refractivity contribution in [1.29, 1.82) is 0 Å². The van der Waals surface area contributed by atoms with Crippen LogP contribution in [0.3, 0.4) is 0 Å². The van der Waals surface area contributed by atoms with Crippen molar-refractivity contribution in [2.45, 2.75) is 269 Å². The smallest absolute Gasteiger partial charge is 0.220 e. The summed E-state index contributed by atoms with van der Waals surface area (Å²) in [5.74, 6) is -2.61. The molecule has 3 unspecified atom stereocenters. The van der Waals surface area contributed by atoms with Gasteiger partial charge in [-0.15, -0.1) is 0 Å². The van der Waals surface area contributed by atoms with E-state index in [-0.39, 0.29) is 24.8 Å². The van der Waals surface area contributed by atoms with Crippen LogP contribution < -0.4 is 0 Å². The molecular formula is C65H98O6. The molecule has 0 fully saturated rings. The first kappa shape index (κ1) is 59.8. The average Bonchev–Trinajstić information content (AvgIpc) is 3.38. The molecule has 0 amide bonds. The van der Waals surface area contributed by atoms with E-state index in [0.717, 1.165) is 130 Å². The average molecular weight is 975 g/mol. The van der Waals surface area contributed by atoms with Gasteiger partial charge in [0, 0.05) is 19.3 Å². The van der Waals surface area contributed by atoms with Gasteiger partial charge < -0.3 is 15.3 Å². The standard InChI is InChI=1S/C65H98O6/c1-4-7-10-13-16-18-20-22-24-26-28-30-33-36-39-45-59(67)64(70,58(66)44-38-35-32-15-12-9-6-3)65(71,60(68)46-40-37-34-31-29-27-25-23-21-19-17-14-11-8-5-2)63(69)57-52-50-55-48-47-53-42-41-43-54-49-51-56(57)62(55)61(53)54/h22-25,41-43,47-52,63,69-71H,4-21,26-40,44-46H2,1-3H3/b24-22-,25-23-. The lowest BCUT2D eigenvalue weighted by molar-refractivity contribution is -0.207. The van der Waals surface area contributed by atoms with Gasteiger partial charge in [0.2, 0.25) is 5.60 Å². The number of Topliss-reactive ketones (excluding diaryl/α,β-unsaturated/α-hetero) is 3. The summed E-state index contributed by atoms with van der Waals surface area (Å²) in [6.45, 7) is 6.67. The number of rotatable bonds is 44. The van der Waals surface area contributed by atoms with Crippen LogP contribution in [0.4, 0.5) is 0 Å². The number of aliphatic hydroxyl groups is 3. The van der Waals surface area contributed by atoms with Crippen LogP contribution in [-0.4, -0.2) is 43.9 Å². The van der Waals surface area contributed by atoms with Crippen molar-refractivity contribution in [3.8, 4) is 0 Å². The van der Waals surface area contributed by atoms with Crippen LogP contribution in [0, 0.1) is 0 Å². The minimum absolute atomic E-state index is 0.170. The molecule has 4 aromatic rings. The largest absolute Gasteiger partial charge is 0.385 e. The molecule has 0 heterocycles. The molecule has 71 heavy (non-hydrogen) atoms. The first-order valence-corrected chi connectivity index (χ1v) is 29.4. The Bertz CT molecular complexity index is 2130. The molecule has 0 radical (unpaired) electrons. The van der Waals surface area contributed by atoms with Crippen LogP contribution in [0.5, 0.6) is 0 Å². The molecule has 3 atom stereocenters. The molecule has 0 aromatic heterocycles. The summed E-state index contributed by atoms with van der Waals surface area (Å²) in [7, 11) is 0. The molecule has 4 aromatic carbocycles. The number of allylic oxidation sites excluding steroid dienone is 4. The van der Waals surface area contributed by atoms with Crippen molar-refractivity contribution in [2.75, 3.05) is 0 Å². The second-order valence-corrected chi connectivity index (χ2v) is 21.2. The van der Waals surface area contributed by atoms with Crippen LogP contribution in [0.15, 0.2) is 78.9 Å². The zero-order chi connectivity index (χ0) is 51.0. The van der Waals surface area contributed by atoms with E-state index in [1.807, 2.05) is 42.5 Å². The van der Waals surface area contributed by atoms with Crippen molar-refractivity contribution in [3.63, 3.8) is 0 Å². The molecule has 0 aliphatic heterocycles. The van der Waals surface area contributed by atoms with Crippen molar-refractivity contribution >= 4 is 49.7 Å². The Labute approximate surface area is 431 Å². The van der Waals surface area contributed by atoms with E-state index in [0.29, 0.717) is 37.5 Å². The van der Waals surface area contributed by atoms with Gasteiger partial charge in [-0.05, 0) is 109 Å². The normalized spacial score (nSPS) is 14.3. The van der Waals surface area contributed by atoms with E-state index in [1.165, 1.54) is 77.0 Å². The Balaban J connectivity index is 1.51. The lowest BCUT2D eigenvalue weighted by Gasteiger charge is -2.43. The number of aliphatic hydroxyl groups excluding tert-OH is 1. The van der Waals surface area contributed by atoms with Gasteiger partial charge in [0.25, 0.3) is 0 Å². The molecule has 0 saturated carbocycles. The van der Waals surface area contributed by atoms with Crippen LogP contribution in [0.2, 0.25) is 0 Å². The summed E-state index contributed by atoms with van der Waals surface area (Å²) in [4.78, 5) is 44.4. The van der Waals surface area contributed by atoms with Gasteiger partial charge in [0.05, 0.1) is 0 Å². The highest BCUT2D eigenvalue weighted by Crippen LogP contribution is 2.45. The maximum absolute atomic E-state index is 14.9. The first-order valence-electron chi connectivity index (χ1n) is 29.4. The van der Waals surface area contributed by atoms with E-state index in [2.05, 4.69) is 51.1 Å². The van der Waals surface area contributed by atoms with Crippen molar-refractivity contribution in [1.82, 2.24) is 0 Å². The highest BCUT2D eigenvalue weighted by molar-refractivity contribution is 6.24. The monoisotopic (exact) mass is 975 g/mol. The van der Waals surface area contributed by atoms with E-state index in [9.17, 15) is 29.7 Å². The van der Waals surface area contributed by atoms with Gasteiger partial charge in [-0.1, -0.05) is 241 Å². The summed E-state index contributed by atoms with van der Waals surface area (Å²) >= 11 is 0. The molecule has 6 heteroatoms. The predicted octanol–water partition coefficient (Wildman–Crippen LogP) is 18.0. The summed E-state index contributed by atoms with van der Waals surface area (Å²) < 4.78 is 0. The number of benzene rings is 4. The van der Waals surface area contributed by atoms with E-state index < -0.39 is 34.7 Å². The fourth-order valence-electron chi connectivity index (χ4n) is 10.9. The molecule has 0 aliphatic rings. The second kappa shape index (κ2) is 34.7. The van der Waals surface area contributed by atoms with Crippen molar-refractivity contribution in [3.05, 3.63) is 84.5 Å². The van der Waals surface area contributed by atoms with Gasteiger partial charge in [0.1, 0.15) is 6.10 Å². The molecule has 6 nitrogen and oxygen atoms in total. The van der Waals surface area contributed by atoms with Crippen molar-refractivity contribution < 1.29 is 29.7 Å². The quantitative estimate of drug-likeness (QED) is 0.0176. The van der Waals surface area contributed by atoms with Gasteiger partial charge in [-0.25, -0.2) is 0 Å². The lowest BCUT2D eigenvalue weighted by atomic mass is 9.66. The molecule has 4 rings (SSSR count). The molecule has 0 bridgehead atoms. The van der Waals surface area contributed by atoms with Gasteiger partial charge in [0.15, 0.2) is 23.0 Å². The van der Waals surface area contributed by atoms with E-state index >= 15 is 0 Å². The van der Waals surface area contributed by atoms with Crippen molar-refractivity contribution in [2.24, 2.45) is 0 Å². The first-order chi connectivity index (χ1) is 34.7. The Morgan fingerprint density at radius 1 is 0.408 bits per heavy atom. The van der Waals surface area contributed by atoms with Crippen LogP contribution in [0.1, 0.15) is 264 Å². The summed E-state index contributed by atoms with van der Waals surface area (Å²) in [5, 5.41) is 44.3. The van der Waals surface area contributed by atoms with Crippen LogP contribution in [-0.2, 0) is 14.4 Å². The molecule has 3 N–H and O–H groups in total. The fraction of sp³-hybridized carbons (Fsp3) is 0.646. The zero-order valence-electron chi connectivity index (χ0n) is 45.1. The van der Waals surface area contributed by atoms with Crippen LogP contribution >= 0.6 is 0 Å². The summed E-state index contributed by atoms with van der Waals surface area (Å²) in [6.07, 6.45) is 41.1. The van der Waals surface area contributed by atoms with E-state index in [1.54, 1.807) is 6.07 Å². The van der Waals surface area contributed by atoms with Crippen LogP contribution in [0.25, 0.3) is 32.3 Å². The zero-order valence-corrected chi connectivity index (χ0v) is 45.1. The minimum Gasteiger partial charge on any atom is -0.385 e. The second-order valence-electron chi connectivity index (χ2n) is 21.2. The molecule has 0 saturated heterocycles. The summed E-state index contributed by atoms with van der Waals surface area (Å²) in [5.41, 5.74) is -6.02. The Morgan fingerprint density at radius 2 is 0.732 bits per heavy atom. The Kier molecular flexibility index (Phi) is 29.2. The highest BCUT2D eigenvalue weighted by atomic mass is 16.4. The minimum atomic E-state index is -3.13. The number of hydrogen-bond acceptors (Lipinski definition) is 6. The molecular weight excluding hydrogens is 877 g/mol. The number of ketones is 3.